The number of thiophene rings is 1. The normalized spacial score (nSPS) is 15.9. The summed E-state index contributed by atoms with van der Waals surface area (Å²) in [7, 11) is 1.96. The van der Waals surface area contributed by atoms with Gasteiger partial charge in [0.15, 0.2) is 0 Å². The lowest BCUT2D eigenvalue weighted by atomic mass is 9.98. The third-order valence-electron chi connectivity index (χ3n) is 3.87. The second-order valence-corrected chi connectivity index (χ2v) is 7.22. The molecule has 20 heavy (non-hydrogen) atoms. The van der Waals surface area contributed by atoms with Gasteiger partial charge in [-0.3, -0.25) is 0 Å². The van der Waals surface area contributed by atoms with E-state index in [4.69, 9.17) is 0 Å². The summed E-state index contributed by atoms with van der Waals surface area (Å²) in [5.74, 6) is -0.214. The minimum absolute atomic E-state index is 0.141. The van der Waals surface area contributed by atoms with E-state index in [1.54, 1.807) is 0 Å². The van der Waals surface area contributed by atoms with Crippen molar-refractivity contribution >= 4 is 27.3 Å². The third-order valence-corrected chi connectivity index (χ3v) is 5.78. The summed E-state index contributed by atoms with van der Waals surface area (Å²) in [6.45, 7) is 0. The molecule has 1 N–H and O–H groups in total. The molecule has 1 aromatic carbocycles. The molecule has 3 rings (SSSR count). The largest absolute Gasteiger partial charge is 0.309 e. The zero-order valence-corrected chi connectivity index (χ0v) is 13.8. The van der Waals surface area contributed by atoms with Crippen molar-refractivity contribution in [1.82, 2.24) is 5.32 Å². The van der Waals surface area contributed by atoms with Crippen molar-refractivity contribution in [2.45, 2.75) is 31.7 Å². The number of benzene rings is 1. The first-order valence-electron chi connectivity index (χ1n) is 6.92. The molecule has 0 bridgehead atoms. The summed E-state index contributed by atoms with van der Waals surface area (Å²) in [6.07, 6.45) is 5.02. The van der Waals surface area contributed by atoms with Crippen LogP contribution in [0.2, 0.25) is 0 Å². The monoisotopic (exact) mass is 353 g/mol. The van der Waals surface area contributed by atoms with Crippen LogP contribution in [0.1, 0.15) is 39.8 Å². The van der Waals surface area contributed by atoms with E-state index in [9.17, 15) is 4.39 Å². The van der Waals surface area contributed by atoms with Crippen LogP contribution < -0.4 is 5.32 Å². The fourth-order valence-corrected chi connectivity index (χ4v) is 4.61. The molecule has 0 saturated heterocycles. The van der Waals surface area contributed by atoms with Gasteiger partial charge in [-0.05, 0) is 78.0 Å². The van der Waals surface area contributed by atoms with Crippen molar-refractivity contribution in [2.24, 2.45) is 0 Å². The van der Waals surface area contributed by atoms with Crippen molar-refractivity contribution in [3.8, 4) is 0 Å². The number of rotatable bonds is 3. The molecular weight excluding hydrogens is 337 g/mol. The predicted octanol–water partition coefficient (Wildman–Crippen LogP) is 4.84. The molecule has 0 saturated carbocycles. The van der Waals surface area contributed by atoms with Crippen LogP contribution in [0.25, 0.3) is 0 Å². The van der Waals surface area contributed by atoms with Gasteiger partial charge in [0, 0.05) is 9.75 Å². The molecule has 4 heteroatoms. The Morgan fingerprint density at radius 3 is 2.75 bits per heavy atom. The van der Waals surface area contributed by atoms with E-state index in [-0.39, 0.29) is 11.9 Å². The first-order chi connectivity index (χ1) is 9.69. The maximum absolute atomic E-state index is 13.4. The summed E-state index contributed by atoms with van der Waals surface area (Å²) in [5, 5.41) is 3.36. The lowest BCUT2D eigenvalue weighted by Gasteiger charge is -2.15. The molecule has 1 nitrogen and oxygen atoms in total. The van der Waals surface area contributed by atoms with Crippen molar-refractivity contribution in [3.63, 3.8) is 0 Å². The van der Waals surface area contributed by atoms with Crippen LogP contribution in [0.3, 0.4) is 0 Å². The van der Waals surface area contributed by atoms with E-state index in [0.29, 0.717) is 4.47 Å². The second kappa shape index (κ2) is 5.96. The predicted molar refractivity (Wildman–Crippen MR) is 86.0 cm³/mol. The fourth-order valence-electron chi connectivity index (χ4n) is 2.82. The number of aryl methyl sites for hydroxylation is 2. The Kier molecular flexibility index (Phi) is 4.24. The molecule has 0 radical (unpaired) electrons. The van der Waals surface area contributed by atoms with Crippen molar-refractivity contribution in [3.05, 3.63) is 55.4 Å². The van der Waals surface area contributed by atoms with Gasteiger partial charge in [0.05, 0.1) is 10.5 Å². The highest BCUT2D eigenvalue weighted by Crippen LogP contribution is 2.35. The van der Waals surface area contributed by atoms with Crippen LogP contribution in [0, 0.1) is 5.82 Å². The van der Waals surface area contributed by atoms with Crippen LogP contribution in [0.15, 0.2) is 28.7 Å². The number of hydrogen-bond donors (Lipinski definition) is 1. The van der Waals surface area contributed by atoms with Gasteiger partial charge in [0.25, 0.3) is 0 Å². The topological polar surface area (TPSA) is 12.0 Å². The van der Waals surface area contributed by atoms with Gasteiger partial charge in [-0.15, -0.1) is 11.3 Å². The average Bonchev–Trinajstić information content (AvgIpc) is 2.87. The summed E-state index contributed by atoms with van der Waals surface area (Å²) >= 11 is 5.18. The van der Waals surface area contributed by atoms with E-state index in [2.05, 4.69) is 27.3 Å². The zero-order valence-electron chi connectivity index (χ0n) is 11.4. The first-order valence-corrected chi connectivity index (χ1v) is 8.53. The molecule has 1 aromatic heterocycles. The SMILES string of the molecule is CNC(c1ccc(F)c(Br)c1)c1cc2c(s1)CCCC2. The maximum Gasteiger partial charge on any atom is 0.137 e. The molecule has 106 valence electrons. The van der Waals surface area contributed by atoms with Gasteiger partial charge >= 0.3 is 0 Å². The highest BCUT2D eigenvalue weighted by Gasteiger charge is 2.20. The molecule has 0 amide bonds. The quantitative estimate of drug-likeness (QED) is 0.832. The minimum atomic E-state index is -0.214. The standard InChI is InChI=1S/C16H17BrFNS/c1-19-16(11-6-7-13(18)12(17)8-11)15-9-10-4-2-3-5-14(10)20-15/h6-9,16,19H,2-5H2,1H3. The molecule has 0 fully saturated rings. The van der Waals surface area contributed by atoms with Crippen molar-refractivity contribution < 1.29 is 4.39 Å². The van der Waals surface area contributed by atoms with Gasteiger partial charge in [-0.1, -0.05) is 6.07 Å². The Morgan fingerprint density at radius 2 is 2.05 bits per heavy atom. The van der Waals surface area contributed by atoms with Crippen LogP contribution in [-0.4, -0.2) is 7.05 Å². The Bertz CT molecular complexity index is 599. The number of nitrogens with one attached hydrogen (secondary N) is 1. The number of hydrogen-bond acceptors (Lipinski definition) is 2. The van der Waals surface area contributed by atoms with Crippen LogP contribution in [-0.2, 0) is 12.8 Å². The molecule has 2 aromatic rings. The van der Waals surface area contributed by atoms with Gasteiger partial charge in [0.2, 0.25) is 0 Å². The Labute approximate surface area is 131 Å². The van der Waals surface area contributed by atoms with Gasteiger partial charge < -0.3 is 5.32 Å². The van der Waals surface area contributed by atoms with E-state index >= 15 is 0 Å². The first kappa shape index (κ1) is 14.2. The summed E-state index contributed by atoms with van der Waals surface area (Å²) in [4.78, 5) is 2.87. The average molecular weight is 354 g/mol. The van der Waals surface area contributed by atoms with E-state index in [0.717, 1.165) is 5.56 Å². The summed E-state index contributed by atoms with van der Waals surface area (Å²) < 4.78 is 13.9. The Hall–Kier alpha value is -0.710. The smallest absolute Gasteiger partial charge is 0.137 e. The third kappa shape index (κ3) is 2.69. The fraction of sp³-hybridized carbons (Fsp3) is 0.375. The Balaban J connectivity index is 1.96. The lowest BCUT2D eigenvalue weighted by Crippen LogP contribution is -2.16. The van der Waals surface area contributed by atoms with E-state index in [1.165, 1.54) is 47.1 Å². The molecule has 1 heterocycles. The number of fused-ring (bicyclic) bond motifs is 1. The minimum Gasteiger partial charge on any atom is -0.309 e. The van der Waals surface area contributed by atoms with Crippen LogP contribution in [0.5, 0.6) is 0 Å². The van der Waals surface area contributed by atoms with Crippen molar-refractivity contribution in [2.75, 3.05) is 7.05 Å². The molecular formula is C16H17BrFNS. The Morgan fingerprint density at radius 1 is 1.25 bits per heavy atom. The lowest BCUT2D eigenvalue weighted by molar-refractivity contribution is 0.617. The van der Waals surface area contributed by atoms with E-state index in [1.807, 2.05) is 30.5 Å². The molecule has 0 spiro atoms. The molecule has 1 atom stereocenters. The van der Waals surface area contributed by atoms with E-state index < -0.39 is 0 Å². The highest BCUT2D eigenvalue weighted by atomic mass is 79.9. The van der Waals surface area contributed by atoms with Crippen molar-refractivity contribution in [1.29, 1.82) is 0 Å². The highest BCUT2D eigenvalue weighted by molar-refractivity contribution is 9.10. The molecule has 1 aliphatic carbocycles. The molecule has 1 aliphatic rings. The maximum atomic E-state index is 13.4. The second-order valence-electron chi connectivity index (χ2n) is 5.20. The van der Waals surface area contributed by atoms with Gasteiger partial charge in [0.1, 0.15) is 5.82 Å². The van der Waals surface area contributed by atoms with Crippen LogP contribution >= 0.6 is 27.3 Å². The summed E-state index contributed by atoms with van der Waals surface area (Å²) in [5.41, 5.74) is 2.61. The molecule has 1 unspecified atom stereocenters. The van der Waals surface area contributed by atoms with Gasteiger partial charge in [-0.2, -0.15) is 0 Å². The molecule has 0 aliphatic heterocycles. The number of halogens is 2. The zero-order chi connectivity index (χ0) is 14.1. The van der Waals surface area contributed by atoms with Crippen LogP contribution in [0.4, 0.5) is 4.39 Å². The van der Waals surface area contributed by atoms with Gasteiger partial charge in [-0.25, -0.2) is 4.39 Å². The summed E-state index contributed by atoms with van der Waals surface area (Å²) in [6, 6.07) is 7.73.